The maximum atomic E-state index is 9.82. The Hall–Kier alpha value is -0.800. The molecule has 0 aliphatic carbocycles. The molecule has 1 rings (SSSR count). The fourth-order valence-corrected chi connectivity index (χ4v) is 1.39. The summed E-state index contributed by atoms with van der Waals surface area (Å²) in [6, 6.07) is 3.50. The molecule has 2 atom stereocenters. The first-order valence-electron chi connectivity index (χ1n) is 4.41. The van der Waals surface area contributed by atoms with E-state index in [1.165, 1.54) is 0 Å². The van der Waals surface area contributed by atoms with E-state index in [-0.39, 0.29) is 12.0 Å². The number of ether oxygens (including phenoxy) is 1. The second-order valence-electron chi connectivity index (χ2n) is 3.40. The van der Waals surface area contributed by atoms with E-state index in [0.29, 0.717) is 5.76 Å². The lowest BCUT2D eigenvalue weighted by molar-refractivity contribution is -0.0479. The van der Waals surface area contributed by atoms with Crippen LogP contribution in [0.4, 0.5) is 0 Å². The fraction of sp³-hybridized carbons (Fsp3) is 0.600. The first-order chi connectivity index (χ1) is 6.16. The van der Waals surface area contributed by atoms with Gasteiger partial charge in [0.1, 0.15) is 11.9 Å². The summed E-state index contributed by atoms with van der Waals surface area (Å²) in [7, 11) is 1.59. The number of aliphatic hydroxyl groups excluding tert-OH is 1. The zero-order valence-corrected chi connectivity index (χ0v) is 8.23. The van der Waals surface area contributed by atoms with E-state index in [9.17, 15) is 5.11 Å². The summed E-state index contributed by atoms with van der Waals surface area (Å²) in [5, 5.41) is 9.82. The van der Waals surface area contributed by atoms with Crippen LogP contribution in [0.3, 0.4) is 0 Å². The second kappa shape index (κ2) is 4.44. The molecule has 0 aliphatic rings. The zero-order valence-electron chi connectivity index (χ0n) is 8.23. The van der Waals surface area contributed by atoms with Gasteiger partial charge in [0.25, 0.3) is 0 Å². The van der Waals surface area contributed by atoms with Crippen LogP contribution in [0, 0.1) is 5.92 Å². The number of furan rings is 1. The molecular weight excluding hydrogens is 168 g/mol. The standard InChI is InChI=1S/C10H16O3/c1-7(2)10(12-3)9(11)8-5-4-6-13-8/h4-7,9-11H,1-3H3. The number of hydrogen-bond donors (Lipinski definition) is 1. The van der Waals surface area contributed by atoms with Gasteiger partial charge in [-0.2, -0.15) is 0 Å². The van der Waals surface area contributed by atoms with Crippen molar-refractivity contribution in [1.29, 1.82) is 0 Å². The van der Waals surface area contributed by atoms with Gasteiger partial charge < -0.3 is 14.3 Å². The molecule has 13 heavy (non-hydrogen) atoms. The molecule has 74 valence electrons. The molecule has 1 aromatic rings. The van der Waals surface area contributed by atoms with E-state index in [1.54, 1.807) is 25.5 Å². The minimum absolute atomic E-state index is 0.217. The van der Waals surface area contributed by atoms with Crippen molar-refractivity contribution in [2.24, 2.45) is 5.92 Å². The SMILES string of the molecule is COC(C(C)C)C(O)c1ccco1. The molecule has 0 aromatic carbocycles. The molecule has 0 bridgehead atoms. The van der Waals surface area contributed by atoms with E-state index in [2.05, 4.69) is 0 Å². The third kappa shape index (κ3) is 2.32. The minimum atomic E-state index is -0.681. The molecule has 0 fully saturated rings. The van der Waals surface area contributed by atoms with Crippen molar-refractivity contribution < 1.29 is 14.3 Å². The van der Waals surface area contributed by atoms with Gasteiger partial charge in [0, 0.05) is 7.11 Å². The van der Waals surface area contributed by atoms with Crippen LogP contribution < -0.4 is 0 Å². The third-order valence-electron chi connectivity index (χ3n) is 2.08. The molecule has 3 heteroatoms. The van der Waals surface area contributed by atoms with Gasteiger partial charge in [-0.15, -0.1) is 0 Å². The topological polar surface area (TPSA) is 42.6 Å². The lowest BCUT2D eigenvalue weighted by Crippen LogP contribution is -2.26. The summed E-state index contributed by atoms with van der Waals surface area (Å²) in [5.74, 6) is 0.811. The van der Waals surface area contributed by atoms with Gasteiger partial charge in [0.2, 0.25) is 0 Å². The van der Waals surface area contributed by atoms with Crippen molar-refractivity contribution in [3.8, 4) is 0 Å². The van der Waals surface area contributed by atoms with E-state index in [0.717, 1.165) is 0 Å². The lowest BCUT2D eigenvalue weighted by atomic mass is 10.0. The Bertz CT molecular complexity index is 228. The average molecular weight is 184 g/mol. The number of rotatable bonds is 4. The Balaban J connectivity index is 2.70. The monoisotopic (exact) mass is 184 g/mol. The summed E-state index contributed by atoms with van der Waals surface area (Å²) in [6.45, 7) is 4.00. The predicted octanol–water partition coefficient (Wildman–Crippen LogP) is 1.98. The van der Waals surface area contributed by atoms with Crippen LogP contribution >= 0.6 is 0 Å². The summed E-state index contributed by atoms with van der Waals surface area (Å²) >= 11 is 0. The molecule has 0 aliphatic heterocycles. The highest BCUT2D eigenvalue weighted by atomic mass is 16.5. The van der Waals surface area contributed by atoms with E-state index >= 15 is 0 Å². The van der Waals surface area contributed by atoms with Gasteiger partial charge in [-0.3, -0.25) is 0 Å². The van der Waals surface area contributed by atoms with Crippen molar-refractivity contribution >= 4 is 0 Å². The summed E-state index contributed by atoms with van der Waals surface area (Å²) in [6.07, 6.45) is 0.650. The van der Waals surface area contributed by atoms with Gasteiger partial charge >= 0.3 is 0 Å². The molecule has 3 nitrogen and oxygen atoms in total. The van der Waals surface area contributed by atoms with Crippen LogP contribution in [0.25, 0.3) is 0 Å². The first-order valence-corrected chi connectivity index (χ1v) is 4.41. The van der Waals surface area contributed by atoms with Crippen LogP contribution in [-0.2, 0) is 4.74 Å². The molecule has 1 aromatic heterocycles. The molecule has 2 unspecified atom stereocenters. The Labute approximate surface area is 78.3 Å². The van der Waals surface area contributed by atoms with Gasteiger partial charge in [-0.1, -0.05) is 13.8 Å². The Morgan fingerprint density at radius 2 is 2.15 bits per heavy atom. The number of hydrogen-bond acceptors (Lipinski definition) is 3. The highest BCUT2D eigenvalue weighted by Crippen LogP contribution is 2.24. The molecule has 0 amide bonds. The van der Waals surface area contributed by atoms with Crippen molar-refractivity contribution in [3.05, 3.63) is 24.2 Å². The fourth-order valence-electron chi connectivity index (χ4n) is 1.39. The molecular formula is C10H16O3. The Morgan fingerprint density at radius 3 is 2.54 bits per heavy atom. The van der Waals surface area contributed by atoms with E-state index in [1.807, 2.05) is 13.8 Å². The maximum absolute atomic E-state index is 9.82. The highest BCUT2D eigenvalue weighted by molar-refractivity contribution is 5.04. The second-order valence-corrected chi connectivity index (χ2v) is 3.40. The molecule has 0 saturated carbocycles. The minimum Gasteiger partial charge on any atom is -0.466 e. The van der Waals surface area contributed by atoms with Crippen LogP contribution in [-0.4, -0.2) is 18.3 Å². The van der Waals surface area contributed by atoms with Crippen LogP contribution in [0.2, 0.25) is 0 Å². The molecule has 1 heterocycles. The first kappa shape index (κ1) is 10.3. The van der Waals surface area contributed by atoms with Crippen LogP contribution in [0.5, 0.6) is 0 Å². The predicted molar refractivity (Wildman–Crippen MR) is 49.3 cm³/mol. The number of methoxy groups -OCH3 is 1. The van der Waals surface area contributed by atoms with Crippen LogP contribution in [0.15, 0.2) is 22.8 Å². The van der Waals surface area contributed by atoms with Gasteiger partial charge in [-0.05, 0) is 18.1 Å². The van der Waals surface area contributed by atoms with Crippen molar-refractivity contribution in [3.63, 3.8) is 0 Å². The average Bonchev–Trinajstić information content (AvgIpc) is 2.56. The third-order valence-corrected chi connectivity index (χ3v) is 2.08. The smallest absolute Gasteiger partial charge is 0.138 e. The molecule has 0 saturated heterocycles. The number of aliphatic hydroxyl groups is 1. The Kier molecular flexibility index (Phi) is 3.51. The van der Waals surface area contributed by atoms with Crippen molar-refractivity contribution in [2.75, 3.05) is 7.11 Å². The molecule has 0 spiro atoms. The molecule has 1 N–H and O–H groups in total. The summed E-state index contributed by atoms with van der Waals surface area (Å²) < 4.78 is 10.3. The normalized spacial score (nSPS) is 16.1. The highest BCUT2D eigenvalue weighted by Gasteiger charge is 2.25. The van der Waals surface area contributed by atoms with Crippen molar-refractivity contribution in [2.45, 2.75) is 26.1 Å². The van der Waals surface area contributed by atoms with Gasteiger partial charge in [-0.25, -0.2) is 0 Å². The quantitative estimate of drug-likeness (QED) is 0.778. The summed E-state index contributed by atoms with van der Waals surface area (Å²) in [4.78, 5) is 0. The van der Waals surface area contributed by atoms with Crippen LogP contribution in [0.1, 0.15) is 25.7 Å². The maximum Gasteiger partial charge on any atom is 0.138 e. The van der Waals surface area contributed by atoms with Crippen molar-refractivity contribution in [1.82, 2.24) is 0 Å². The van der Waals surface area contributed by atoms with E-state index in [4.69, 9.17) is 9.15 Å². The Morgan fingerprint density at radius 1 is 1.46 bits per heavy atom. The summed E-state index contributed by atoms with van der Waals surface area (Å²) in [5.41, 5.74) is 0. The van der Waals surface area contributed by atoms with Gasteiger partial charge in [0.15, 0.2) is 0 Å². The van der Waals surface area contributed by atoms with E-state index < -0.39 is 6.10 Å². The van der Waals surface area contributed by atoms with Gasteiger partial charge in [0.05, 0.1) is 12.4 Å². The molecule has 0 radical (unpaired) electrons. The largest absolute Gasteiger partial charge is 0.466 e. The lowest BCUT2D eigenvalue weighted by Gasteiger charge is -2.23. The zero-order chi connectivity index (χ0) is 9.84.